The van der Waals surface area contributed by atoms with Crippen LogP contribution in [0.25, 0.3) is 16.7 Å². The number of pyridine rings is 1. The Bertz CT molecular complexity index is 924. The number of aryl methyl sites for hydroxylation is 1. The van der Waals surface area contributed by atoms with Crippen LogP contribution in [-0.4, -0.2) is 26.3 Å². The summed E-state index contributed by atoms with van der Waals surface area (Å²) >= 11 is 0. The number of carbonyl (C=O) groups is 1. The van der Waals surface area contributed by atoms with Gasteiger partial charge in [-0.1, -0.05) is 0 Å². The molecule has 0 N–H and O–H groups in total. The van der Waals surface area contributed by atoms with Crippen molar-refractivity contribution in [2.75, 3.05) is 6.61 Å². The van der Waals surface area contributed by atoms with Crippen LogP contribution in [0.3, 0.4) is 0 Å². The van der Waals surface area contributed by atoms with E-state index in [0.29, 0.717) is 43.0 Å². The van der Waals surface area contributed by atoms with Crippen molar-refractivity contribution in [1.82, 2.24) is 14.0 Å². The van der Waals surface area contributed by atoms with Gasteiger partial charge in [-0.2, -0.15) is 4.98 Å². The highest BCUT2D eigenvalue weighted by molar-refractivity contribution is 5.76. The molecular weight excluding hydrogens is 294 g/mol. The number of carbonyl (C=O) groups excluding carboxylic acids is 1. The Labute approximate surface area is 133 Å². The first-order chi connectivity index (χ1) is 11.1. The molecule has 0 atom stereocenters. The lowest BCUT2D eigenvalue weighted by Gasteiger charge is -2.11. The average Bonchev–Trinajstić information content (AvgIpc) is 3.02. The summed E-state index contributed by atoms with van der Waals surface area (Å²) in [6.45, 7) is 4.53. The number of aromatic nitrogens is 3. The minimum Gasteiger partial charge on any atom is -0.478 e. The fourth-order valence-electron chi connectivity index (χ4n) is 2.69. The van der Waals surface area contributed by atoms with Gasteiger partial charge in [-0.15, -0.1) is 0 Å². The molecule has 0 unspecified atom stereocenters. The van der Waals surface area contributed by atoms with Gasteiger partial charge < -0.3 is 14.1 Å². The Morgan fingerprint density at radius 2 is 2.09 bits per heavy atom. The smallest absolute Gasteiger partial charge is 0.275 e. The van der Waals surface area contributed by atoms with Crippen molar-refractivity contribution in [3.05, 3.63) is 40.8 Å². The lowest BCUT2D eigenvalue weighted by atomic mass is 10.2. The summed E-state index contributed by atoms with van der Waals surface area (Å²) < 4.78 is 9.12. The topological polar surface area (TPSA) is 65.6 Å². The second-order valence-electron chi connectivity index (χ2n) is 5.46. The van der Waals surface area contributed by atoms with E-state index in [9.17, 15) is 9.59 Å². The third-order valence-corrected chi connectivity index (χ3v) is 3.80. The first-order valence-electron chi connectivity index (χ1n) is 7.74. The molecule has 0 aliphatic rings. The van der Waals surface area contributed by atoms with Crippen LogP contribution < -0.4 is 10.3 Å². The summed E-state index contributed by atoms with van der Waals surface area (Å²) in [5, 5.41) is 0. The molecule has 0 radical (unpaired) electrons. The van der Waals surface area contributed by atoms with E-state index in [0.717, 1.165) is 5.52 Å². The van der Waals surface area contributed by atoms with Crippen LogP contribution in [0, 0.1) is 0 Å². The van der Waals surface area contributed by atoms with Crippen LogP contribution in [0.15, 0.2) is 35.3 Å². The zero-order valence-electron chi connectivity index (χ0n) is 13.3. The first kappa shape index (κ1) is 15.3. The van der Waals surface area contributed by atoms with Gasteiger partial charge in [0.15, 0.2) is 5.65 Å². The predicted octanol–water partition coefficient (Wildman–Crippen LogP) is 2.42. The zero-order valence-corrected chi connectivity index (χ0v) is 13.3. The van der Waals surface area contributed by atoms with Gasteiger partial charge in [0.2, 0.25) is 5.88 Å². The molecule has 0 bridgehead atoms. The van der Waals surface area contributed by atoms with Gasteiger partial charge in [0, 0.05) is 25.2 Å². The predicted molar refractivity (Wildman–Crippen MR) is 88.0 cm³/mol. The molecule has 120 valence electrons. The molecule has 23 heavy (non-hydrogen) atoms. The molecule has 3 aromatic rings. The van der Waals surface area contributed by atoms with E-state index in [2.05, 4.69) is 4.98 Å². The summed E-state index contributed by atoms with van der Waals surface area (Å²) in [6, 6.07) is 7.23. The molecule has 0 aliphatic heterocycles. The Morgan fingerprint density at radius 3 is 2.83 bits per heavy atom. The van der Waals surface area contributed by atoms with E-state index in [1.165, 1.54) is 0 Å². The second kappa shape index (κ2) is 6.24. The zero-order chi connectivity index (χ0) is 16.4. The van der Waals surface area contributed by atoms with E-state index >= 15 is 0 Å². The van der Waals surface area contributed by atoms with Crippen LogP contribution in [0.2, 0.25) is 0 Å². The summed E-state index contributed by atoms with van der Waals surface area (Å²) in [5.41, 5.74) is 2.04. The molecule has 6 heteroatoms. The van der Waals surface area contributed by atoms with Gasteiger partial charge in [0.25, 0.3) is 5.56 Å². The molecule has 0 saturated carbocycles. The summed E-state index contributed by atoms with van der Waals surface area (Å²) in [5.74, 6) is 0.651. The number of ketones is 1. The van der Waals surface area contributed by atoms with E-state index in [-0.39, 0.29) is 11.3 Å². The van der Waals surface area contributed by atoms with Crippen LogP contribution in [-0.2, 0) is 11.3 Å². The molecule has 0 spiro atoms. The third kappa shape index (κ3) is 2.84. The van der Waals surface area contributed by atoms with Crippen LogP contribution in [0.1, 0.15) is 26.7 Å². The van der Waals surface area contributed by atoms with Crippen molar-refractivity contribution < 1.29 is 9.53 Å². The monoisotopic (exact) mass is 313 g/mol. The third-order valence-electron chi connectivity index (χ3n) is 3.80. The molecule has 0 aromatic carbocycles. The van der Waals surface area contributed by atoms with E-state index in [4.69, 9.17) is 4.74 Å². The van der Waals surface area contributed by atoms with Crippen molar-refractivity contribution >= 4 is 22.5 Å². The highest BCUT2D eigenvalue weighted by Crippen LogP contribution is 2.17. The van der Waals surface area contributed by atoms with E-state index < -0.39 is 0 Å². The van der Waals surface area contributed by atoms with Gasteiger partial charge in [0.05, 0.1) is 12.1 Å². The Hall–Kier alpha value is -2.63. The Kier molecular flexibility index (Phi) is 4.14. The Morgan fingerprint density at radius 1 is 1.26 bits per heavy atom. The second-order valence-corrected chi connectivity index (χ2v) is 5.46. The van der Waals surface area contributed by atoms with Crippen molar-refractivity contribution in [2.45, 2.75) is 33.2 Å². The maximum atomic E-state index is 12.4. The minimum absolute atomic E-state index is 0.0260. The molecule has 3 heterocycles. The fourth-order valence-corrected chi connectivity index (χ4v) is 2.69. The maximum Gasteiger partial charge on any atom is 0.275 e. The van der Waals surface area contributed by atoms with Gasteiger partial charge >= 0.3 is 0 Å². The largest absolute Gasteiger partial charge is 0.478 e. The highest BCUT2D eigenvalue weighted by Gasteiger charge is 2.11. The van der Waals surface area contributed by atoms with Gasteiger partial charge in [0.1, 0.15) is 11.3 Å². The fraction of sp³-hybridized carbons (Fsp3) is 0.353. The van der Waals surface area contributed by atoms with Crippen molar-refractivity contribution in [3.8, 4) is 5.88 Å². The maximum absolute atomic E-state index is 12.4. The molecule has 3 rings (SSSR count). The number of rotatable bonds is 6. The molecular formula is C17H19N3O3. The first-order valence-corrected chi connectivity index (χ1v) is 7.74. The molecule has 0 amide bonds. The SMILES string of the molecule is CCn1c(=O)c2cccn2c2nc(OCCCC(C)=O)ccc21. The van der Waals surface area contributed by atoms with Crippen molar-refractivity contribution in [2.24, 2.45) is 0 Å². The van der Waals surface area contributed by atoms with Gasteiger partial charge in [-0.05, 0) is 38.5 Å². The quantitative estimate of drug-likeness (QED) is 0.656. The number of hydrogen-bond acceptors (Lipinski definition) is 4. The van der Waals surface area contributed by atoms with Crippen LogP contribution >= 0.6 is 0 Å². The number of hydrogen-bond donors (Lipinski definition) is 0. The van der Waals surface area contributed by atoms with Gasteiger partial charge in [-0.3, -0.25) is 9.20 Å². The van der Waals surface area contributed by atoms with Gasteiger partial charge in [-0.25, -0.2) is 0 Å². The summed E-state index contributed by atoms with van der Waals surface area (Å²) in [7, 11) is 0. The summed E-state index contributed by atoms with van der Waals surface area (Å²) in [4.78, 5) is 27.9. The van der Waals surface area contributed by atoms with Crippen molar-refractivity contribution in [1.29, 1.82) is 0 Å². The van der Waals surface area contributed by atoms with Crippen molar-refractivity contribution in [3.63, 3.8) is 0 Å². The number of ether oxygens (including phenoxy) is 1. The lowest BCUT2D eigenvalue weighted by molar-refractivity contribution is -0.117. The molecule has 6 nitrogen and oxygen atoms in total. The van der Waals surface area contributed by atoms with Crippen LogP contribution in [0.5, 0.6) is 5.88 Å². The lowest BCUT2D eigenvalue weighted by Crippen LogP contribution is -2.22. The van der Waals surface area contributed by atoms with Crippen LogP contribution in [0.4, 0.5) is 0 Å². The minimum atomic E-state index is -0.0260. The molecule has 0 fully saturated rings. The normalized spacial score (nSPS) is 11.2. The number of nitrogens with zero attached hydrogens (tertiary/aromatic N) is 3. The standard InChI is InChI=1S/C17H19N3O3/c1-3-19-13-8-9-15(23-11-5-6-12(2)21)18-16(13)20-10-4-7-14(20)17(19)22/h4,7-10H,3,5-6,11H2,1-2H3. The highest BCUT2D eigenvalue weighted by atomic mass is 16.5. The summed E-state index contributed by atoms with van der Waals surface area (Å²) in [6.07, 6.45) is 3.00. The average molecular weight is 313 g/mol. The molecule has 3 aromatic heterocycles. The van der Waals surface area contributed by atoms with E-state index in [1.807, 2.05) is 25.3 Å². The van der Waals surface area contributed by atoms with E-state index in [1.54, 1.807) is 28.0 Å². The molecule has 0 saturated heterocycles. The number of Topliss-reactive ketones (excluding diaryl/α,β-unsaturated/α-hetero) is 1. The Balaban J connectivity index is 2.00. The number of fused-ring (bicyclic) bond motifs is 3. The molecule has 0 aliphatic carbocycles.